The van der Waals surface area contributed by atoms with Gasteiger partial charge in [0.2, 0.25) is 0 Å². The van der Waals surface area contributed by atoms with Gasteiger partial charge in [-0.2, -0.15) is 0 Å². The highest BCUT2D eigenvalue weighted by atomic mass is 16.5. The highest BCUT2D eigenvalue weighted by molar-refractivity contribution is 6.04. The Kier molecular flexibility index (Phi) is 8.95. The summed E-state index contributed by atoms with van der Waals surface area (Å²) in [5, 5.41) is 5.72. The van der Waals surface area contributed by atoms with Gasteiger partial charge in [0, 0.05) is 6.54 Å². The Hall–Kier alpha value is -4.00. The number of methoxy groups -OCH3 is 2. The Morgan fingerprint density at radius 1 is 0.833 bits per heavy atom. The number of benzene rings is 3. The van der Waals surface area contributed by atoms with Crippen molar-refractivity contribution < 1.29 is 23.8 Å². The SMILES string of the molecule is COc1ccc(CCNC(=O)c2ccccc2NC(=O)COc2ccccc2C(C)(C)C)cc1OC. The van der Waals surface area contributed by atoms with Crippen LogP contribution in [0.3, 0.4) is 0 Å². The third-order valence-electron chi connectivity index (χ3n) is 5.65. The third-order valence-corrected chi connectivity index (χ3v) is 5.65. The van der Waals surface area contributed by atoms with Crippen LogP contribution in [0.1, 0.15) is 42.3 Å². The molecular formula is C29H34N2O5. The number of ether oxygens (including phenoxy) is 3. The molecule has 3 aromatic carbocycles. The molecule has 3 aromatic rings. The fourth-order valence-electron chi connectivity index (χ4n) is 3.78. The van der Waals surface area contributed by atoms with Crippen LogP contribution in [-0.2, 0) is 16.6 Å². The minimum absolute atomic E-state index is 0.116. The van der Waals surface area contributed by atoms with Crippen LogP contribution in [0.2, 0.25) is 0 Å². The standard InChI is InChI=1S/C29H34N2O5/c1-29(2,3)22-11-7-9-13-24(22)36-19-27(32)31-23-12-8-6-10-21(23)28(33)30-17-16-20-14-15-25(34-4)26(18-20)35-5/h6-15,18H,16-17,19H2,1-5H3,(H,30,33)(H,31,32). The van der Waals surface area contributed by atoms with Crippen LogP contribution in [0, 0.1) is 0 Å². The molecule has 0 aromatic heterocycles. The van der Waals surface area contributed by atoms with Gasteiger partial charge in [0.15, 0.2) is 18.1 Å². The second-order valence-electron chi connectivity index (χ2n) is 9.32. The highest BCUT2D eigenvalue weighted by Crippen LogP contribution is 2.31. The quantitative estimate of drug-likeness (QED) is 0.418. The van der Waals surface area contributed by atoms with Crippen molar-refractivity contribution in [1.29, 1.82) is 0 Å². The molecule has 0 heterocycles. The van der Waals surface area contributed by atoms with Gasteiger partial charge in [-0.15, -0.1) is 0 Å². The maximum atomic E-state index is 12.9. The molecule has 0 bridgehead atoms. The molecule has 2 amide bonds. The Morgan fingerprint density at radius 2 is 1.53 bits per heavy atom. The number of carbonyl (C=O) groups is 2. The van der Waals surface area contributed by atoms with E-state index in [9.17, 15) is 9.59 Å². The molecule has 0 spiro atoms. The summed E-state index contributed by atoms with van der Waals surface area (Å²) < 4.78 is 16.4. The third kappa shape index (κ3) is 7.01. The van der Waals surface area contributed by atoms with Crippen molar-refractivity contribution in [3.05, 3.63) is 83.4 Å². The fraction of sp³-hybridized carbons (Fsp3) is 0.310. The lowest BCUT2D eigenvalue weighted by atomic mass is 9.86. The number of hydrogen-bond donors (Lipinski definition) is 2. The number of para-hydroxylation sites is 2. The summed E-state index contributed by atoms with van der Waals surface area (Å²) in [5.74, 6) is 1.35. The average Bonchev–Trinajstić information content (AvgIpc) is 2.87. The van der Waals surface area contributed by atoms with Crippen molar-refractivity contribution in [1.82, 2.24) is 5.32 Å². The van der Waals surface area contributed by atoms with E-state index in [1.54, 1.807) is 38.5 Å². The molecule has 7 heteroatoms. The molecule has 7 nitrogen and oxygen atoms in total. The first-order valence-electron chi connectivity index (χ1n) is 11.8. The summed E-state index contributed by atoms with van der Waals surface area (Å²) in [7, 11) is 3.17. The molecule has 0 aliphatic carbocycles. The molecule has 0 saturated carbocycles. The zero-order chi connectivity index (χ0) is 26.1. The molecule has 0 unspecified atom stereocenters. The van der Waals surface area contributed by atoms with Crippen molar-refractivity contribution in [2.45, 2.75) is 32.6 Å². The average molecular weight is 491 g/mol. The fourth-order valence-corrected chi connectivity index (χ4v) is 3.78. The van der Waals surface area contributed by atoms with Gasteiger partial charge in [-0.25, -0.2) is 0 Å². The van der Waals surface area contributed by atoms with Crippen molar-refractivity contribution >= 4 is 17.5 Å². The molecule has 0 saturated heterocycles. The Bertz CT molecular complexity index is 1200. The summed E-state index contributed by atoms with van der Waals surface area (Å²) in [5.41, 5.74) is 2.72. The lowest BCUT2D eigenvalue weighted by Crippen LogP contribution is -2.28. The van der Waals surface area contributed by atoms with Gasteiger partial charge in [-0.1, -0.05) is 57.2 Å². The molecule has 36 heavy (non-hydrogen) atoms. The van der Waals surface area contributed by atoms with Gasteiger partial charge in [0.1, 0.15) is 5.75 Å². The molecule has 2 N–H and O–H groups in total. The summed E-state index contributed by atoms with van der Waals surface area (Å²) in [6, 6.07) is 20.2. The number of carbonyl (C=O) groups excluding carboxylic acids is 2. The Morgan fingerprint density at radius 3 is 2.25 bits per heavy atom. The molecule has 3 rings (SSSR count). The van der Waals surface area contributed by atoms with Crippen LogP contribution in [-0.4, -0.2) is 39.2 Å². The Labute approximate surface area is 212 Å². The first kappa shape index (κ1) is 26.6. The van der Waals surface area contributed by atoms with Gasteiger partial charge >= 0.3 is 0 Å². The van der Waals surface area contributed by atoms with Crippen LogP contribution in [0.4, 0.5) is 5.69 Å². The number of nitrogens with one attached hydrogen (secondary N) is 2. The molecular weight excluding hydrogens is 456 g/mol. The van der Waals surface area contributed by atoms with E-state index >= 15 is 0 Å². The maximum Gasteiger partial charge on any atom is 0.262 e. The van der Waals surface area contributed by atoms with Gasteiger partial charge < -0.3 is 24.8 Å². The zero-order valence-electron chi connectivity index (χ0n) is 21.5. The topological polar surface area (TPSA) is 85.9 Å². The van der Waals surface area contributed by atoms with Gasteiger partial charge in [0.25, 0.3) is 11.8 Å². The predicted octanol–water partition coefficient (Wildman–Crippen LogP) is 4.99. The lowest BCUT2D eigenvalue weighted by molar-refractivity contribution is -0.118. The van der Waals surface area contributed by atoms with Crippen molar-refractivity contribution in [2.75, 3.05) is 32.7 Å². The molecule has 0 aliphatic heterocycles. The van der Waals surface area contributed by atoms with Crippen LogP contribution in [0.15, 0.2) is 66.7 Å². The zero-order valence-corrected chi connectivity index (χ0v) is 21.5. The van der Waals surface area contributed by atoms with Gasteiger partial charge in [-0.3, -0.25) is 9.59 Å². The van der Waals surface area contributed by atoms with E-state index in [0.717, 1.165) is 11.1 Å². The summed E-state index contributed by atoms with van der Waals surface area (Å²) >= 11 is 0. The van der Waals surface area contributed by atoms with Crippen molar-refractivity contribution in [2.24, 2.45) is 0 Å². The minimum atomic E-state index is -0.343. The van der Waals surface area contributed by atoms with Crippen LogP contribution in [0.5, 0.6) is 17.2 Å². The van der Waals surface area contributed by atoms with Crippen molar-refractivity contribution in [3.8, 4) is 17.2 Å². The molecule has 0 aliphatic rings. The molecule has 190 valence electrons. The normalized spacial score (nSPS) is 10.9. The summed E-state index contributed by atoms with van der Waals surface area (Å²) in [6.45, 7) is 6.53. The summed E-state index contributed by atoms with van der Waals surface area (Å²) in [4.78, 5) is 25.5. The smallest absolute Gasteiger partial charge is 0.262 e. The monoisotopic (exact) mass is 490 g/mol. The molecule has 0 fully saturated rings. The minimum Gasteiger partial charge on any atom is -0.493 e. The number of hydrogen-bond acceptors (Lipinski definition) is 5. The molecule has 0 radical (unpaired) electrons. The highest BCUT2D eigenvalue weighted by Gasteiger charge is 2.19. The van der Waals surface area contributed by atoms with Gasteiger partial charge in [-0.05, 0) is 53.3 Å². The second-order valence-corrected chi connectivity index (χ2v) is 9.32. The first-order valence-corrected chi connectivity index (χ1v) is 11.8. The van der Waals surface area contributed by atoms with E-state index in [1.807, 2.05) is 42.5 Å². The van der Waals surface area contributed by atoms with E-state index in [-0.39, 0.29) is 23.8 Å². The largest absolute Gasteiger partial charge is 0.493 e. The lowest BCUT2D eigenvalue weighted by Gasteiger charge is -2.22. The number of anilines is 1. The number of rotatable bonds is 10. The van der Waals surface area contributed by atoms with E-state index in [2.05, 4.69) is 31.4 Å². The maximum absolute atomic E-state index is 12.9. The van der Waals surface area contributed by atoms with Gasteiger partial charge in [0.05, 0.1) is 25.5 Å². The van der Waals surface area contributed by atoms with E-state index in [1.165, 1.54) is 0 Å². The second kappa shape index (κ2) is 12.1. The van der Waals surface area contributed by atoms with E-state index in [0.29, 0.717) is 41.5 Å². The van der Waals surface area contributed by atoms with Crippen LogP contribution < -0.4 is 24.8 Å². The predicted molar refractivity (Wildman–Crippen MR) is 141 cm³/mol. The van der Waals surface area contributed by atoms with Crippen molar-refractivity contribution in [3.63, 3.8) is 0 Å². The van der Waals surface area contributed by atoms with Crippen LogP contribution in [0.25, 0.3) is 0 Å². The first-order chi connectivity index (χ1) is 17.2. The van der Waals surface area contributed by atoms with E-state index < -0.39 is 0 Å². The van der Waals surface area contributed by atoms with Crippen LogP contribution >= 0.6 is 0 Å². The molecule has 0 atom stereocenters. The summed E-state index contributed by atoms with van der Waals surface area (Å²) in [6.07, 6.45) is 0.613. The van der Waals surface area contributed by atoms with E-state index in [4.69, 9.17) is 14.2 Å². The number of amides is 2. The Balaban J connectivity index is 1.58.